The number of urea groups is 1. The van der Waals surface area contributed by atoms with Crippen molar-refractivity contribution in [2.24, 2.45) is 0 Å². The van der Waals surface area contributed by atoms with E-state index in [1.807, 2.05) is 6.07 Å². The van der Waals surface area contributed by atoms with Gasteiger partial charge in [-0.15, -0.1) is 0 Å². The van der Waals surface area contributed by atoms with E-state index in [-0.39, 0.29) is 29.1 Å². The molecule has 0 saturated heterocycles. The number of carboxylic acid groups (broad SMARTS) is 1. The van der Waals surface area contributed by atoms with Crippen molar-refractivity contribution in [1.82, 2.24) is 4.90 Å². The molecule has 4 rings (SSSR count). The largest absolute Gasteiger partial charge is 0.478 e. The molecule has 3 aromatic rings. The predicted molar refractivity (Wildman–Crippen MR) is 136 cm³/mol. The summed E-state index contributed by atoms with van der Waals surface area (Å²) in [7, 11) is 0. The average molecular weight is 534 g/mol. The molecule has 198 valence electrons. The van der Waals surface area contributed by atoms with Gasteiger partial charge in [-0.25, -0.2) is 9.59 Å². The first-order valence-corrected chi connectivity index (χ1v) is 11.7. The van der Waals surface area contributed by atoms with Gasteiger partial charge in [0.15, 0.2) is 5.78 Å². The molecule has 10 heteroatoms. The monoisotopic (exact) mass is 533 g/mol. The van der Waals surface area contributed by atoms with Gasteiger partial charge in [0, 0.05) is 17.8 Å². The number of carbonyl (C=O) groups excluding carboxylic acids is 2. The maximum atomic E-state index is 14.0. The van der Waals surface area contributed by atoms with Gasteiger partial charge in [-0.2, -0.15) is 18.4 Å². The Morgan fingerprint density at radius 2 is 1.67 bits per heavy atom. The summed E-state index contributed by atoms with van der Waals surface area (Å²) >= 11 is 0. The van der Waals surface area contributed by atoms with Gasteiger partial charge in [-0.3, -0.25) is 9.69 Å². The Hall–Kier alpha value is -4.91. The van der Waals surface area contributed by atoms with Crippen LogP contribution in [0.15, 0.2) is 84.1 Å². The first-order valence-electron chi connectivity index (χ1n) is 11.7. The quantitative estimate of drug-likeness (QED) is 0.400. The van der Waals surface area contributed by atoms with E-state index in [1.54, 1.807) is 24.3 Å². The molecule has 0 fully saturated rings. The van der Waals surface area contributed by atoms with Crippen molar-refractivity contribution in [1.29, 1.82) is 5.26 Å². The van der Waals surface area contributed by atoms with Crippen molar-refractivity contribution in [3.63, 3.8) is 0 Å². The fraction of sp³-hybridized carbons (Fsp3) is 0.172. The number of nitrogens with zero attached hydrogens (tertiary/aromatic N) is 3. The fourth-order valence-electron chi connectivity index (χ4n) is 4.62. The molecule has 0 spiro atoms. The van der Waals surface area contributed by atoms with E-state index in [4.69, 9.17) is 0 Å². The number of anilines is 1. The molecule has 0 radical (unpaired) electrons. The first kappa shape index (κ1) is 27.1. The highest BCUT2D eigenvalue weighted by atomic mass is 19.4. The summed E-state index contributed by atoms with van der Waals surface area (Å²) in [6, 6.07) is 16.9. The summed E-state index contributed by atoms with van der Waals surface area (Å²) in [4.78, 5) is 40.8. The highest BCUT2D eigenvalue weighted by molar-refractivity contribution is 6.05. The highest BCUT2D eigenvalue weighted by Gasteiger charge is 2.42. The number of ketones is 1. The number of alkyl halides is 3. The normalized spacial score (nSPS) is 15.8. The summed E-state index contributed by atoms with van der Waals surface area (Å²) in [6.07, 6.45) is -4.65. The van der Waals surface area contributed by atoms with E-state index in [1.165, 1.54) is 55.1 Å². The number of nitriles is 1. The summed E-state index contributed by atoms with van der Waals surface area (Å²) < 4.78 is 40.5. The van der Waals surface area contributed by atoms with Crippen molar-refractivity contribution in [2.75, 3.05) is 4.90 Å². The van der Waals surface area contributed by atoms with Crippen molar-refractivity contribution in [3.8, 4) is 6.07 Å². The molecule has 0 unspecified atom stereocenters. The Balaban J connectivity index is 1.90. The Bertz CT molecular complexity index is 1520. The van der Waals surface area contributed by atoms with Crippen molar-refractivity contribution in [3.05, 3.63) is 112 Å². The molecule has 39 heavy (non-hydrogen) atoms. The average Bonchev–Trinajstić information content (AvgIpc) is 2.90. The molecule has 7 nitrogen and oxygen atoms in total. The van der Waals surface area contributed by atoms with Crippen LogP contribution in [0.2, 0.25) is 0 Å². The second-order valence-electron chi connectivity index (χ2n) is 8.99. The van der Waals surface area contributed by atoms with Crippen LogP contribution in [0.25, 0.3) is 0 Å². The lowest BCUT2D eigenvalue weighted by Gasteiger charge is -2.43. The molecule has 0 aromatic heterocycles. The van der Waals surface area contributed by atoms with Crippen LogP contribution in [-0.4, -0.2) is 27.8 Å². The Labute approximate surface area is 222 Å². The van der Waals surface area contributed by atoms with Crippen LogP contribution in [0.1, 0.15) is 52.5 Å². The number of carboxylic acids is 1. The lowest BCUT2D eigenvalue weighted by Crippen LogP contribution is -2.50. The molecule has 0 saturated carbocycles. The highest BCUT2D eigenvalue weighted by Crippen LogP contribution is 2.41. The van der Waals surface area contributed by atoms with Crippen molar-refractivity contribution < 1.29 is 32.7 Å². The lowest BCUT2D eigenvalue weighted by atomic mass is 9.89. The van der Waals surface area contributed by atoms with Gasteiger partial charge in [0.25, 0.3) is 0 Å². The molecular weight excluding hydrogens is 511 g/mol. The Morgan fingerprint density at radius 1 is 1.03 bits per heavy atom. The van der Waals surface area contributed by atoms with Gasteiger partial charge in [0.1, 0.15) is 0 Å². The first-order chi connectivity index (χ1) is 18.4. The molecule has 1 N–H and O–H groups in total. The minimum absolute atomic E-state index is 0.0399. The molecule has 0 aliphatic carbocycles. The molecule has 1 aliphatic heterocycles. The standard InChI is InChI=1S/C29H22F3N3O4/c1-17-25(18(2)36)26(21-10-6-19(15-33)7-11-21)34(16-20-8-12-22(13-9-20)27(37)38)28(39)35(17)24-5-3-4-23(14-24)29(30,31)32/h3-14,26H,16H2,1-2H3,(H,37,38)/t26-/m1/s1. The zero-order valence-electron chi connectivity index (χ0n) is 20.9. The number of hydrogen-bond acceptors (Lipinski definition) is 4. The molecule has 1 aliphatic rings. The van der Waals surface area contributed by atoms with Gasteiger partial charge in [0.2, 0.25) is 0 Å². The molecule has 0 bridgehead atoms. The minimum atomic E-state index is -4.65. The Morgan fingerprint density at radius 3 is 2.21 bits per heavy atom. The number of hydrogen-bond donors (Lipinski definition) is 1. The third-order valence-corrected chi connectivity index (χ3v) is 6.47. The zero-order valence-corrected chi connectivity index (χ0v) is 20.9. The van der Waals surface area contributed by atoms with Crippen LogP contribution in [0.5, 0.6) is 0 Å². The van der Waals surface area contributed by atoms with E-state index in [9.17, 15) is 37.9 Å². The number of Topliss-reactive ketones (excluding diaryl/α,β-unsaturated/α-hetero) is 1. The number of aromatic carboxylic acids is 1. The smallest absolute Gasteiger partial charge is 0.416 e. The van der Waals surface area contributed by atoms with Gasteiger partial charge in [-0.05, 0) is 67.4 Å². The van der Waals surface area contributed by atoms with Gasteiger partial charge < -0.3 is 10.0 Å². The number of halogens is 3. The lowest BCUT2D eigenvalue weighted by molar-refractivity contribution is -0.137. The van der Waals surface area contributed by atoms with E-state index >= 15 is 0 Å². The molecule has 1 atom stereocenters. The maximum absolute atomic E-state index is 14.0. The second-order valence-corrected chi connectivity index (χ2v) is 8.99. The van der Waals surface area contributed by atoms with Crippen molar-refractivity contribution >= 4 is 23.5 Å². The van der Waals surface area contributed by atoms with Crippen LogP contribution in [0.4, 0.5) is 23.7 Å². The summed E-state index contributed by atoms with van der Waals surface area (Å²) in [5.74, 6) is -1.52. The van der Waals surface area contributed by atoms with E-state index in [2.05, 4.69) is 0 Å². The molecule has 3 aromatic carbocycles. The number of benzene rings is 3. The Kier molecular flexibility index (Phi) is 7.27. The predicted octanol–water partition coefficient (Wildman–Crippen LogP) is 6.32. The summed E-state index contributed by atoms with van der Waals surface area (Å²) in [5, 5.41) is 18.4. The van der Waals surface area contributed by atoms with Gasteiger partial charge in [0.05, 0.1) is 34.5 Å². The van der Waals surface area contributed by atoms with E-state index < -0.39 is 35.6 Å². The van der Waals surface area contributed by atoms with Crippen molar-refractivity contribution in [2.45, 2.75) is 32.6 Å². The van der Waals surface area contributed by atoms with Crippen LogP contribution in [0, 0.1) is 11.3 Å². The number of rotatable bonds is 6. The van der Waals surface area contributed by atoms with Gasteiger partial charge >= 0.3 is 18.2 Å². The van der Waals surface area contributed by atoms with Crippen LogP contribution >= 0.6 is 0 Å². The number of allylic oxidation sites excluding steroid dienone is 1. The van der Waals surface area contributed by atoms with Gasteiger partial charge in [-0.1, -0.05) is 30.3 Å². The number of amides is 2. The second kappa shape index (κ2) is 10.5. The third-order valence-electron chi connectivity index (χ3n) is 6.47. The van der Waals surface area contributed by atoms with E-state index in [0.29, 0.717) is 16.7 Å². The summed E-state index contributed by atoms with van der Waals surface area (Å²) in [5.41, 5.74) is 0.838. The van der Waals surface area contributed by atoms with E-state index in [0.717, 1.165) is 17.0 Å². The maximum Gasteiger partial charge on any atom is 0.416 e. The SMILES string of the molecule is CC(=O)C1=C(C)N(c2cccc(C(F)(F)F)c2)C(=O)N(Cc2ccc(C(=O)O)cc2)[C@@H]1c1ccc(C#N)cc1. The van der Waals surface area contributed by atoms with Crippen LogP contribution in [0.3, 0.4) is 0 Å². The fourth-order valence-corrected chi connectivity index (χ4v) is 4.62. The molecular formula is C29H22F3N3O4. The van der Waals surface area contributed by atoms with Crippen LogP contribution in [-0.2, 0) is 17.5 Å². The van der Waals surface area contributed by atoms with Crippen LogP contribution < -0.4 is 4.90 Å². The topological polar surface area (TPSA) is 102 Å². The molecule has 1 heterocycles. The summed E-state index contributed by atoms with van der Waals surface area (Å²) in [6.45, 7) is 2.74. The molecule has 2 amide bonds. The minimum Gasteiger partial charge on any atom is -0.478 e. The third kappa shape index (κ3) is 5.38. The number of carbonyl (C=O) groups is 3. The zero-order chi connectivity index (χ0) is 28.5.